The van der Waals surface area contributed by atoms with Crippen molar-refractivity contribution in [2.75, 3.05) is 5.73 Å². The molecule has 0 radical (unpaired) electrons. The zero-order chi connectivity index (χ0) is 11.6. The van der Waals surface area contributed by atoms with Crippen molar-refractivity contribution in [3.05, 3.63) is 28.2 Å². The molecule has 0 aliphatic carbocycles. The van der Waals surface area contributed by atoms with Gasteiger partial charge in [0.15, 0.2) is 5.78 Å². The Kier molecular flexibility index (Phi) is 3.44. The molecule has 0 saturated carbocycles. The summed E-state index contributed by atoms with van der Waals surface area (Å²) in [6.07, 6.45) is -0.788. The molecule has 15 heavy (non-hydrogen) atoms. The Balaban J connectivity index is 2.88. The number of benzene rings is 1. The third kappa shape index (κ3) is 3.58. The SMILES string of the molecule is CC(F)(F)CC(=O)c1ccc(N)c(Br)c1. The first-order valence-corrected chi connectivity index (χ1v) is 5.05. The van der Waals surface area contributed by atoms with Gasteiger partial charge in [0, 0.05) is 15.7 Å². The quantitative estimate of drug-likeness (QED) is 0.681. The molecule has 0 aliphatic rings. The standard InChI is InChI=1S/C10H10BrF2NO/c1-10(12,13)5-9(15)6-2-3-8(14)7(11)4-6/h2-4H,5,14H2,1H3. The van der Waals surface area contributed by atoms with Crippen molar-refractivity contribution in [2.24, 2.45) is 0 Å². The van der Waals surface area contributed by atoms with Gasteiger partial charge in [-0.1, -0.05) is 0 Å². The third-order valence-corrected chi connectivity index (χ3v) is 2.48. The lowest BCUT2D eigenvalue weighted by molar-refractivity contribution is 0.0156. The summed E-state index contributed by atoms with van der Waals surface area (Å²) < 4.78 is 25.7. The highest BCUT2D eigenvalue weighted by Crippen LogP contribution is 2.24. The fourth-order valence-corrected chi connectivity index (χ4v) is 1.46. The van der Waals surface area contributed by atoms with Crippen LogP contribution >= 0.6 is 15.9 Å². The lowest BCUT2D eigenvalue weighted by Crippen LogP contribution is -2.16. The maximum Gasteiger partial charge on any atom is 0.252 e. The zero-order valence-corrected chi connectivity index (χ0v) is 9.64. The van der Waals surface area contributed by atoms with Crippen molar-refractivity contribution in [3.8, 4) is 0 Å². The number of alkyl halides is 2. The highest BCUT2D eigenvalue weighted by atomic mass is 79.9. The molecular formula is C10H10BrF2NO. The molecule has 0 aromatic heterocycles. The van der Waals surface area contributed by atoms with Gasteiger partial charge in [0.1, 0.15) is 0 Å². The number of Topliss-reactive ketones (excluding diaryl/α,β-unsaturated/α-hetero) is 1. The van der Waals surface area contributed by atoms with Crippen molar-refractivity contribution in [2.45, 2.75) is 19.3 Å². The Bertz CT molecular complexity index is 387. The van der Waals surface area contributed by atoms with E-state index in [1.807, 2.05) is 0 Å². The van der Waals surface area contributed by atoms with Crippen LogP contribution in [0.4, 0.5) is 14.5 Å². The van der Waals surface area contributed by atoms with Crippen LogP contribution in [0.1, 0.15) is 23.7 Å². The average Bonchev–Trinajstić information content (AvgIpc) is 2.06. The number of carbonyl (C=O) groups is 1. The van der Waals surface area contributed by atoms with Gasteiger partial charge in [-0.15, -0.1) is 0 Å². The predicted octanol–water partition coefficient (Wildman–Crippen LogP) is 3.26. The minimum atomic E-state index is -2.98. The molecule has 82 valence electrons. The molecule has 1 rings (SSSR count). The van der Waals surface area contributed by atoms with Crippen LogP contribution in [0.15, 0.2) is 22.7 Å². The Morgan fingerprint density at radius 2 is 2.13 bits per heavy atom. The fraction of sp³-hybridized carbons (Fsp3) is 0.300. The van der Waals surface area contributed by atoms with Crippen LogP contribution in [0.3, 0.4) is 0 Å². The largest absolute Gasteiger partial charge is 0.398 e. The third-order valence-electron chi connectivity index (χ3n) is 1.79. The second-order valence-corrected chi connectivity index (χ2v) is 4.26. The number of carbonyl (C=O) groups excluding carboxylic acids is 1. The molecule has 0 bridgehead atoms. The average molecular weight is 278 g/mol. The second kappa shape index (κ2) is 4.26. The van der Waals surface area contributed by atoms with Gasteiger partial charge < -0.3 is 5.73 Å². The number of hydrogen-bond donors (Lipinski definition) is 1. The van der Waals surface area contributed by atoms with Crippen molar-refractivity contribution in [1.82, 2.24) is 0 Å². The highest BCUT2D eigenvalue weighted by Gasteiger charge is 2.26. The number of ketones is 1. The van der Waals surface area contributed by atoms with Crippen LogP contribution in [0.2, 0.25) is 0 Å². The molecule has 2 N–H and O–H groups in total. The summed E-state index contributed by atoms with van der Waals surface area (Å²) in [6.45, 7) is 0.719. The van der Waals surface area contributed by atoms with Gasteiger partial charge in [-0.05, 0) is 41.1 Å². The first kappa shape index (κ1) is 12.1. The van der Waals surface area contributed by atoms with E-state index < -0.39 is 18.1 Å². The Morgan fingerprint density at radius 3 is 2.60 bits per heavy atom. The number of halogens is 3. The predicted molar refractivity (Wildman–Crippen MR) is 58.1 cm³/mol. The second-order valence-electron chi connectivity index (χ2n) is 3.41. The lowest BCUT2D eigenvalue weighted by Gasteiger charge is -2.09. The molecule has 0 saturated heterocycles. The first-order valence-electron chi connectivity index (χ1n) is 4.25. The Morgan fingerprint density at radius 1 is 1.53 bits per heavy atom. The number of nitrogens with two attached hydrogens (primary N) is 1. The van der Waals surface area contributed by atoms with E-state index in [1.54, 1.807) is 0 Å². The molecule has 0 unspecified atom stereocenters. The Hall–Kier alpha value is -0.970. The number of rotatable bonds is 3. The molecule has 1 aromatic carbocycles. The van der Waals surface area contributed by atoms with E-state index in [4.69, 9.17) is 5.73 Å². The topological polar surface area (TPSA) is 43.1 Å². The fourth-order valence-electron chi connectivity index (χ4n) is 1.08. The van der Waals surface area contributed by atoms with E-state index in [1.165, 1.54) is 18.2 Å². The van der Waals surface area contributed by atoms with Gasteiger partial charge in [-0.3, -0.25) is 4.79 Å². The van der Waals surface area contributed by atoms with E-state index in [9.17, 15) is 13.6 Å². The van der Waals surface area contributed by atoms with Crippen LogP contribution < -0.4 is 5.73 Å². The van der Waals surface area contributed by atoms with Gasteiger partial charge in [-0.25, -0.2) is 8.78 Å². The van der Waals surface area contributed by atoms with Crippen molar-refractivity contribution in [3.63, 3.8) is 0 Å². The van der Waals surface area contributed by atoms with Gasteiger partial charge in [-0.2, -0.15) is 0 Å². The van der Waals surface area contributed by atoms with Gasteiger partial charge in [0.05, 0.1) is 6.42 Å². The molecule has 0 spiro atoms. The van der Waals surface area contributed by atoms with E-state index in [-0.39, 0.29) is 5.56 Å². The van der Waals surface area contributed by atoms with Gasteiger partial charge >= 0.3 is 0 Å². The minimum Gasteiger partial charge on any atom is -0.398 e. The van der Waals surface area contributed by atoms with E-state index in [0.717, 1.165) is 6.92 Å². The minimum absolute atomic E-state index is 0.234. The summed E-state index contributed by atoms with van der Waals surface area (Å²) in [6, 6.07) is 4.39. The van der Waals surface area contributed by atoms with Crippen LogP contribution in [0.5, 0.6) is 0 Å². The summed E-state index contributed by atoms with van der Waals surface area (Å²) in [4.78, 5) is 11.4. The van der Waals surface area contributed by atoms with E-state index >= 15 is 0 Å². The first-order chi connectivity index (χ1) is 6.79. The van der Waals surface area contributed by atoms with Crippen LogP contribution in [-0.4, -0.2) is 11.7 Å². The monoisotopic (exact) mass is 277 g/mol. The van der Waals surface area contributed by atoms with Gasteiger partial charge in [0.25, 0.3) is 5.92 Å². The lowest BCUT2D eigenvalue weighted by atomic mass is 10.1. The van der Waals surface area contributed by atoms with Crippen LogP contribution in [0.25, 0.3) is 0 Å². The summed E-state index contributed by atoms with van der Waals surface area (Å²) in [5.74, 6) is -3.58. The summed E-state index contributed by atoms with van der Waals surface area (Å²) in [7, 11) is 0. The molecule has 2 nitrogen and oxygen atoms in total. The van der Waals surface area contributed by atoms with Crippen LogP contribution in [-0.2, 0) is 0 Å². The molecular weight excluding hydrogens is 268 g/mol. The molecule has 0 atom stereocenters. The van der Waals surface area contributed by atoms with Crippen molar-refractivity contribution in [1.29, 1.82) is 0 Å². The number of hydrogen-bond acceptors (Lipinski definition) is 2. The van der Waals surface area contributed by atoms with Crippen molar-refractivity contribution < 1.29 is 13.6 Å². The highest BCUT2D eigenvalue weighted by molar-refractivity contribution is 9.10. The molecule has 0 heterocycles. The summed E-state index contributed by atoms with van der Waals surface area (Å²) >= 11 is 3.13. The maximum atomic E-state index is 12.6. The Labute approximate surface area is 94.6 Å². The summed E-state index contributed by atoms with van der Waals surface area (Å²) in [5, 5.41) is 0. The van der Waals surface area contributed by atoms with E-state index in [2.05, 4.69) is 15.9 Å². The van der Waals surface area contributed by atoms with Crippen LogP contribution in [0, 0.1) is 0 Å². The molecule has 0 aliphatic heterocycles. The van der Waals surface area contributed by atoms with Gasteiger partial charge in [0.2, 0.25) is 0 Å². The smallest absolute Gasteiger partial charge is 0.252 e. The molecule has 5 heteroatoms. The maximum absolute atomic E-state index is 12.6. The molecule has 0 fully saturated rings. The number of anilines is 1. The summed E-state index contributed by atoms with van der Waals surface area (Å²) in [5.41, 5.74) is 6.21. The molecule has 1 aromatic rings. The zero-order valence-electron chi connectivity index (χ0n) is 8.06. The van der Waals surface area contributed by atoms with Crippen molar-refractivity contribution >= 4 is 27.4 Å². The van der Waals surface area contributed by atoms with E-state index in [0.29, 0.717) is 10.2 Å². The number of nitrogen functional groups attached to an aromatic ring is 1. The molecule has 0 amide bonds. The normalized spacial score (nSPS) is 11.5.